The van der Waals surface area contributed by atoms with E-state index in [1.54, 1.807) is 0 Å². The second-order valence-corrected chi connectivity index (χ2v) is 5.88. The molecule has 0 radical (unpaired) electrons. The van der Waals surface area contributed by atoms with E-state index in [0.29, 0.717) is 18.1 Å². The molecule has 1 unspecified atom stereocenters. The second-order valence-electron chi connectivity index (χ2n) is 3.65. The molecule has 1 aliphatic heterocycles. The summed E-state index contributed by atoms with van der Waals surface area (Å²) >= 11 is 0. The Morgan fingerprint density at radius 3 is 2.58 bits per heavy atom. The number of rotatable bonds is 3. The average Bonchev–Trinajstić information content (AvgIpc) is 2.26. The van der Waals surface area contributed by atoms with Crippen LogP contribution in [-0.4, -0.2) is 32.6 Å². The Bertz CT molecular complexity index is 231. The highest BCUT2D eigenvalue weighted by Gasteiger charge is 2.27. The molecule has 0 aliphatic carbocycles. The minimum atomic E-state index is -2.72. The Labute approximate surface area is 74.0 Å². The molecule has 3 nitrogen and oxygen atoms in total. The molecule has 0 spiro atoms. The van der Waals surface area contributed by atoms with Gasteiger partial charge in [0, 0.05) is 0 Å². The number of hydrogen-bond donors (Lipinski definition) is 0. The molecule has 0 aromatic carbocycles. The van der Waals surface area contributed by atoms with Crippen molar-refractivity contribution < 1.29 is 13.2 Å². The van der Waals surface area contributed by atoms with E-state index in [2.05, 4.69) is 0 Å². The van der Waals surface area contributed by atoms with Crippen LogP contribution in [0.2, 0.25) is 0 Å². The van der Waals surface area contributed by atoms with Crippen molar-refractivity contribution in [2.24, 2.45) is 5.92 Å². The molecule has 4 heteroatoms. The predicted octanol–water partition coefficient (Wildman–Crippen LogP) is 0.846. The summed E-state index contributed by atoms with van der Waals surface area (Å²) in [5.41, 5.74) is 0. The van der Waals surface area contributed by atoms with Crippen LogP contribution in [0.5, 0.6) is 0 Å². The molecule has 1 heterocycles. The quantitative estimate of drug-likeness (QED) is 0.665. The van der Waals surface area contributed by atoms with Gasteiger partial charge < -0.3 is 4.74 Å². The average molecular weight is 192 g/mol. The van der Waals surface area contributed by atoms with Gasteiger partial charge in [0.25, 0.3) is 0 Å². The first-order valence-electron chi connectivity index (χ1n) is 4.31. The standard InChI is InChI=1S/C8H16O3S/c1-7(2)11-5-8-3-4-12(9,10)6-8/h7-8H,3-6H2,1-2H3. The molecule has 1 atom stereocenters. The number of sulfone groups is 1. The fourth-order valence-corrected chi connectivity index (χ4v) is 3.17. The molecule has 1 aliphatic rings. The van der Waals surface area contributed by atoms with E-state index in [1.165, 1.54) is 0 Å². The maximum absolute atomic E-state index is 11.0. The molecule has 1 fully saturated rings. The summed E-state index contributed by atoms with van der Waals surface area (Å²) in [6.07, 6.45) is 0.975. The van der Waals surface area contributed by atoms with E-state index in [0.717, 1.165) is 6.42 Å². The zero-order valence-corrected chi connectivity index (χ0v) is 8.43. The van der Waals surface area contributed by atoms with E-state index < -0.39 is 9.84 Å². The van der Waals surface area contributed by atoms with Crippen LogP contribution in [0.3, 0.4) is 0 Å². The summed E-state index contributed by atoms with van der Waals surface area (Å²) in [7, 11) is -2.72. The van der Waals surface area contributed by atoms with Crippen molar-refractivity contribution in [1.82, 2.24) is 0 Å². The van der Waals surface area contributed by atoms with Crippen LogP contribution >= 0.6 is 0 Å². The van der Waals surface area contributed by atoms with Gasteiger partial charge >= 0.3 is 0 Å². The maximum Gasteiger partial charge on any atom is 0.150 e. The van der Waals surface area contributed by atoms with Crippen molar-refractivity contribution in [1.29, 1.82) is 0 Å². The molecule has 0 amide bonds. The zero-order chi connectivity index (χ0) is 9.19. The van der Waals surface area contributed by atoms with Gasteiger partial charge in [0.1, 0.15) is 0 Å². The van der Waals surface area contributed by atoms with Crippen molar-refractivity contribution in [2.45, 2.75) is 26.4 Å². The Balaban J connectivity index is 2.29. The van der Waals surface area contributed by atoms with Gasteiger partial charge in [-0.2, -0.15) is 0 Å². The van der Waals surface area contributed by atoms with Crippen molar-refractivity contribution in [3.05, 3.63) is 0 Å². The van der Waals surface area contributed by atoms with Gasteiger partial charge in [0.15, 0.2) is 9.84 Å². The number of hydrogen-bond acceptors (Lipinski definition) is 3. The third-order valence-electron chi connectivity index (χ3n) is 1.99. The predicted molar refractivity (Wildman–Crippen MR) is 47.8 cm³/mol. The van der Waals surface area contributed by atoms with Gasteiger partial charge in [-0.25, -0.2) is 8.42 Å². The molecule has 72 valence electrons. The first-order valence-corrected chi connectivity index (χ1v) is 6.14. The molecule has 1 saturated heterocycles. The van der Waals surface area contributed by atoms with Crippen LogP contribution in [0.25, 0.3) is 0 Å². The summed E-state index contributed by atoms with van der Waals surface area (Å²) < 4.78 is 27.4. The lowest BCUT2D eigenvalue weighted by Crippen LogP contribution is -2.14. The summed E-state index contributed by atoms with van der Waals surface area (Å²) in [4.78, 5) is 0. The van der Waals surface area contributed by atoms with Gasteiger partial charge in [-0.3, -0.25) is 0 Å². The SMILES string of the molecule is CC(C)OCC1CCS(=O)(=O)C1. The van der Waals surface area contributed by atoms with Crippen molar-refractivity contribution in [3.63, 3.8) is 0 Å². The fourth-order valence-electron chi connectivity index (χ4n) is 1.33. The maximum atomic E-state index is 11.0. The van der Waals surface area contributed by atoms with E-state index in [-0.39, 0.29) is 12.0 Å². The van der Waals surface area contributed by atoms with E-state index in [9.17, 15) is 8.42 Å². The summed E-state index contributed by atoms with van der Waals surface area (Å²) in [6.45, 7) is 4.52. The van der Waals surface area contributed by atoms with Gasteiger partial charge in [-0.1, -0.05) is 0 Å². The summed E-state index contributed by atoms with van der Waals surface area (Å²) in [5, 5.41) is 0. The van der Waals surface area contributed by atoms with Crippen LogP contribution in [0.4, 0.5) is 0 Å². The lowest BCUT2D eigenvalue weighted by Gasteiger charge is -2.10. The molecule has 0 aromatic rings. The number of ether oxygens (including phenoxy) is 1. The monoisotopic (exact) mass is 192 g/mol. The van der Waals surface area contributed by atoms with Crippen LogP contribution in [0.1, 0.15) is 20.3 Å². The van der Waals surface area contributed by atoms with Crippen LogP contribution < -0.4 is 0 Å². The molecule has 12 heavy (non-hydrogen) atoms. The van der Waals surface area contributed by atoms with Gasteiger partial charge in [-0.05, 0) is 26.2 Å². The summed E-state index contributed by atoms with van der Waals surface area (Å²) in [6, 6.07) is 0. The Morgan fingerprint density at radius 1 is 1.50 bits per heavy atom. The molecular formula is C8H16O3S. The van der Waals surface area contributed by atoms with Crippen molar-refractivity contribution in [2.75, 3.05) is 18.1 Å². The van der Waals surface area contributed by atoms with Crippen LogP contribution in [0, 0.1) is 5.92 Å². The summed E-state index contributed by atoms with van der Waals surface area (Å²) in [5.74, 6) is 0.899. The highest BCUT2D eigenvalue weighted by Crippen LogP contribution is 2.18. The lowest BCUT2D eigenvalue weighted by molar-refractivity contribution is 0.0569. The van der Waals surface area contributed by atoms with Crippen LogP contribution in [0.15, 0.2) is 0 Å². The van der Waals surface area contributed by atoms with E-state index in [4.69, 9.17) is 4.74 Å². The fraction of sp³-hybridized carbons (Fsp3) is 1.00. The normalized spacial score (nSPS) is 28.1. The minimum absolute atomic E-state index is 0.202. The molecule has 0 saturated carbocycles. The third-order valence-corrected chi connectivity index (χ3v) is 3.83. The highest BCUT2D eigenvalue weighted by molar-refractivity contribution is 7.91. The molecule has 0 bridgehead atoms. The minimum Gasteiger partial charge on any atom is -0.378 e. The Kier molecular flexibility index (Phi) is 3.12. The van der Waals surface area contributed by atoms with Crippen molar-refractivity contribution in [3.8, 4) is 0 Å². The van der Waals surface area contributed by atoms with E-state index in [1.807, 2.05) is 13.8 Å². The Hall–Kier alpha value is -0.0900. The second kappa shape index (κ2) is 3.75. The largest absolute Gasteiger partial charge is 0.378 e. The third kappa shape index (κ3) is 3.11. The van der Waals surface area contributed by atoms with Crippen LogP contribution in [-0.2, 0) is 14.6 Å². The first-order chi connectivity index (χ1) is 5.49. The lowest BCUT2D eigenvalue weighted by atomic mass is 10.1. The molecular weight excluding hydrogens is 176 g/mol. The van der Waals surface area contributed by atoms with Crippen molar-refractivity contribution >= 4 is 9.84 Å². The van der Waals surface area contributed by atoms with Gasteiger partial charge in [-0.15, -0.1) is 0 Å². The van der Waals surface area contributed by atoms with E-state index >= 15 is 0 Å². The zero-order valence-electron chi connectivity index (χ0n) is 7.62. The smallest absolute Gasteiger partial charge is 0.150 e. The topological polar surface area (TPSA) is 43.4 Å². The highest BCUT2D eigenvalue weighted by atomic mass is 32.2. The molecule has 0 aromatic heterocycles. The van der Waals surface area contributed by atoms with Gasteiger partial charge in [0.2, 0.25) is 0 Å². The Morgan fingerprint density at radius 2 is 2.17 bits per heavy atom. The molecule has 0 N–H and O–H groups in total. The molecule has 1 rings (SSSR count). The first kappa shape index (κ1) is 9.99. The van der Waals surface area contributed by atoms with Gasteiger partial charge in [0.05, 0.1) is 24.2 Å².